The number of aromatic nitrogens is 1. The maximum Gasteiger partial charge on any atom is 0.167 e. The van der Waals surface area contributed by atoms with E-state index >= 15 is 0 Å². The molecule has 1 atom stereocenters. The van der Waals surface area contributed by atoms with Gasteiger partial charge in [0, 0.05) is 18.8 Å². The highest BCUT2D eigenvalue weighted by Gasteiger charge is 2.26. The van der Waals surface area contributed by atoms with Crippen LogP contribution in [0.25, 0.3) is 0 Å². The number of anilines is 1. The van der Waals surface area contributed by atoms with Crippen molar-refractivity contribution in [1.82, 2.24) is 4.98 Å². The molecular weight excluding hydrogens is 191 g/mol. The standard InChI is InChI=1S/C9H10ClFN2/c1-6-2-3-13(6)9-8(11)4-7(10)5-12-9/h4-6H,2-3H2,1H3. The van der Waals surface area contributed by atoms with E-state index in [1.165, 1.54) is 12.3 Å². The number of rotatable bonds is 1. The number of hydrogen-bond donors (Lipinski definition) is 0. The van der Waals surface area contributed by atoms with Crippen molar-refractivity contribution in [3.63, 3.8) is 0 Å². The summed E-state index contributed by atoms with van der Waals surface area (Å²) in [4.78, 5) is 5.91. The summed E-state index contributed by atoms with van der Waals surface area (Å²) in [6.07, 6.45) is 2.58. The summed E-state index contributed by atoms with van der Waals surface area (Å²) >= 11 is 5.60. The van der Waals surface area contributed by atoms with Crippen molar-refractivity contribution < 1.29 is 4.39 Å². The van der Waals surface area contributed by atoms with E-state index in [0.717, 1.165) is 13.0 Å². The Morgan fingerprint density at radius 1 is 1.69 bits per heavy atom. The zero-order valence-corrected chi connectivity index (χ0v) is 8.05. The number of pyridine rings is 1. The number of nitrogens with zero attached hydrogens (tertiary/aromatic N) is 2. The van der Waals surface area contributed by atoms with E-state index in [2.05, 4.69) is 11.9 Å². The molecule has 2 heterocycles. The Kier molecular flexibility index (Phi) is 2.12. The Bertz CT molecular complexity index is 329. The lowest BCUT2D eigenvalue weighted by atomic mass is 10.1. The first-order valence-electron chi connectivity index (χ1n) is 4.26. The van der Waals surface area contributed by atoms with E-state index in [1.807, 2.05) is 4.90 Å². The zero-order chi connectivity index (χ0) is 9.42. The van der Waals surface area contributed by atoms with Gasteiger partial charge in [-0.2, -0.15) is 0 Å². The van der Waals surface area contributed by atoms with Gasteiger partial charge in [0.1, 0.15) is 0 Å². The van der Waals surface area contributed by atoms with Gasteiger partial charge in [0.2, 0.25) is 0 Å². The van der Waals surface area contributed by atoms with Gasteiger partial charge in [0.25, 0.3) is 0 Å². The molecule has 0 aliphatic carbocycles. The SMILES string of the molecule is CC1CCN1c1ncc(Cl)cc1F. The molecule has 1 aliphatic heterocycles. The lowest BCUT2D eigenvalue weighted by Crippen LogP contribution is -2.46. The van der Waals surface area contributed by atoms with E-state index in [9.17, 15) is 4.39 Å². The Labute approximate surface area is 81.3 Å². The molecule has 0 bridgehead atoms. The van der Waals surface area contributed by atoms with E-state index in [-0.39, 0.29) is 5.82 Å². The van der Waals surface area contributed by atoms with Crippen LogP contribution < -0.4 is 4.90 Å². The monoisotopic (exact) mass is 200 g/mol. The highest BCUT2D eigenvalue weighted by atomic mass is 35.5. The first-order valence-corrected chi connectivity index (χ1v) is 4.64. The minimum Gasteiger partial charge on any atom is -0.351 e. The van der Waals surface area contributed by atoms with Crippen molar-refractivity contribution in [2.45, 2.75) is 19.4 Å². The molecule has 0 spiro atoms. The molecule has 1 saturated heterocycles. The van der Waals surface area contributed by atoms with Gasteiger partial charge >= 0.3 is 0 Å². The third-order valence-electron chi connectivity index (χ3n) is 2.38. The highest BCUT2D eigenvalue weighted by Crippen LogP contribution is 2.27. The van der Waals surface area contributed by atoms with Crippen LogP contribution in [-0.2, 0) is 0 Å². The molecule has 1 aromatic rings. The van der Waals surface area contributed by atoms with Crippen LogP contribution in [0.4, 0.5) is 10.2 Å². The van der Waals surface area contributed by atoms with Crippen molar-refractivity contribution >= 4 is 17.4 Å². The van der Waals surface area contributed by atoms with Gasteiger partial charge in [-0.25, -0.2) is 9.37 Å². The molecule has 2 rings (SSSR count). The van der Waals surface area contributed by atoms with Crippen LogP contribution in [0, 0.1) is 5.82 Å². The molecule has 4 heteroatoms. The van der Waals surface area contributed by atoms with Gasteiger partial charge in [-0.1, -0.05) is 11.6 Å². The van der Waals surface area contributed by atoms with Gasteiger partial charge in [-0.15, -0.1) is 0 Å². The van der Waals surface area contributed by atoms with Crippen molar-refractivity contribution in [2.75, 3.05) is 11.4 Å². The summed E-state index contributed by atoms with van der Waals surface area (Å²) in [5.74, 6) is 0.0854. The summed E-state index contributed by atoms with van der Waals surface area (Å²) in [5.41, 5.74) is 0. The lowest BCUT2D eigenvalue weighted by Gasteiger charge is -2.39. The minimum absolute atomic E-state index is 0.334. The predicted octanol–water partition coefficient (Wildman–Crippen LogP) is 2.47. The molecule has 1 aromatic heterocycles. The fourth-order valence-corrected chi connectivity index (χ4v) is 1.59. The van der Waals surface area contributed by atoms with Crippen molar-refractivity contribution in [1.29, 1.82) is 0 Å². The Morgan fingerprint density at radius 3 is 2.92 bits per heavy atom. The molecule has 0 amide bonds. The largest absolute Gasteiger partial charge is 0.351 e. The molecule has 0 N–H and O–H groups in total. The molecular formula is C9H10ClFN2. The third kappa shape index (κ3) is 1.48. The van der Waals surface area contributed by atoms with E-state index in [4.69, 9.17) is 11.6 Å². The molecule has 70 valence electrons. The first kappa shape index (κ1) is 8.75. The molecule has 1 fully saturated rings. The summed E-state index contributed by atoms with van der Waals surface area (Å²) in [6, 6.07) is 1.69. The van der Waals surface area contributed by atoms with Crippen LogP contribution in [0.3, 0.4) is 0 Å². The maximum absolute atomic E-state index is 13.3. The van der Waals surface area contributed by atoms with Gasteiger partial charge in [0.15, 0.2) is 11.6 Å². The predicted molar refractivity (Wildman–Crippen MR) is 50.6 cm³/mol. The molecule has 13 heavy (non-hydrogen) atoms. The summed E-state index contributed by atoms with van der Waals surface area (Å²) in [7, 11) is 0. The van der Waals surface area contributed by atoms with E-state index < -0.39 is 0 Å². The van der Waals surface area contributed by atoms with Crippen molar-refractivity contribution in [3.8, 4) is 0 Å². The molecule has 0 saturated carbocycles. The second-order valence-corrected chi connectivity index (χ2v) is 3.73. The highest BCUT2D eigenvalue weighted by molar-refractivity contribution is 6.30. The minimum atomic E-state index is -0.334. The van der Waals surface area contributed by atoms with E-state index in [0.29, 0.717) is 16.9 Å². The molecule has 0 aromatic carbocycles. The molecule has 1 aliphatic rings. The normalized spacial score (nSPS) is 21.5. The molecule has 0 radical (unpaired) electrons. The van der Waals surface area contributed by atoms with Crippen LogP contribution in [0.5, 0.6) is 0 Å². The van der Waals surface area contributed by atoms with Crippen LogP contribution in [0.2, 0.25) is 5.02 Å². The smallest absolute Gasteiger partial charge is 0.167 e. The van der Waals surface area contributed by atoms with Crippen molar-refractivity contribution in [2.24, 2.45) is 0 Å². The Balaban J connectivity index is 2.30. The fourth-order valence-electron chi connectivity index (χ4n) is 1.45. The topological polar surface area (TPSA) is 16.1 Å². The summed E-state index contributed by atoms with van der Waals surface area (Å²) in [5, 5.41) is 0.342. The van der Waals surface area contributed by atoms with Gasteiger partial charge < -0.3 is 4.90 Å². The summed E-state index contributed by atoms with van der Waals surface area (Å²) in [6.45, 7) is 2.94. The van der Waals surface area contributed by atoms with Gasteiger partial charge in [-0.05, 0) is 19.4 Å². The Hall–Kier alpha value is -0.830. The maximum atomic E-state index is 13.3. The van der Waals surface area contributed by atoms with Crippen LogP contribution >= 0.6 is 11.6 Å². The molecule has 2 nitrogen and oxygen atoms in total. The third-order valence-corrected chi connectivity index (χ3v) is 2.59. The average molecular weight is 201 g/mol. The van der Waals surface area contributed by atoms with Crippen molar-refractivity contribution in [3.05, 3.63) is 23.1 Å². The second-order valence-electron chi connectivity index (χ2n) is 3.29. The van der Waals surface area contributed by atoms with Gasteiger partial charge in [-0.3, -0.25) is 0 Å². The van der Waals surface area contributed by atoms with E-state index in [1.54, 1.807) is 0 Å². The lowest BCUT2D eigenvalue weighted by molar-refractivity contribution is 0.462. The average Bonchev–Trinajstić information content (AvgIpc) is 2.07. The van der Waals surface area contributed by atoms with Crippen LogP contribution in [-0.4, -0.2) is 17.6 Å². The van der Waals surface area contributed by atoms with Crippen LogP contribution in [0.15, 0.2) is 12.3 Å². The Morgan fingerprint density at radius 2 is 2.46 bits per heavy atom. The molecule has 1 unspecified atom stereocenters. The summed E-state index contributed by atoms with van der Waals surface area (Å²) < 4.78 is 13.3. The van der Waals surface area contributed by atoms with Gasteiger partial charge in [0.05, 0.1) is 5.02 Å². The van der Waals surface area contributed by atoms with Crippen LogP contribution in [0.1, 0.15) is 13.3 Å². The zero-order valence-electron chi connectivity index (χ0n) is 7.30. The quantitative estimate of drug-likeness (QED) is 0.693. The fraction of sp³-hybridized carbons (Fsp3) is 0.444. The first-order chi connectivity index (χ1) is 6.18. The number of halogens is 2. The number of hydrogen-bond acceptors (Lipinski definition) is 2. The second kappa shape index (κ2) is 3.14.